The molecule has 2 amide bonds. The Labute approximate surface area is 192 Å². The van der Waals surface area contributed by atoms with E-state index in [0.29, 0.717) is 10.7 Å². The number of hydrogen-bond acceptors (Lipinski definition) is 6. The van der Waals surface area contributed by atoms with Crippen molar-refractivity contribution in [3.8, 4) is 0 Å². The van der Waals surface area contributed by atoms with E-state index in [2.05, 4.69) is 5.32 Å². The molecule has 0 aliphatic carbocycles. The minimum atomic E-state index is -1.13. The van der Waals surface area contributed by atoms with Crippen LogP contribution in [0.3, 0.4) is 0 Å². The largest absolute Gasteiger partial charge is 0.477 e. The molecule has 2 aliphatic rings. The van der Waals surface area contributed by atoms with Crippen LogP contribution in [0, 0.1) is 0 Å². The van der Waals surface area contributed by atoms with Gasteiger partial charge in [-0.2, -0.15) is 0 Å². The zero-order valence-electron chi connectivity index (χ0n) is 16.6. The average molecular weight is 473 g/mol. The highest BCUT2D eigenvalue weighted by Crippen LogP contribution is 2.46. The topological polar surface area (TPSA) is 86.7 Å². The molecule has 31 heavy (non-hydrogen) atoms. The summed E-state index contributed by atoms with van der Waals surface area (Å²) >= 11 is 4.45. The molecule has 2 heterocycles. The number of rotatable bonds is 7. The predicted octanol–water partition coefficient (Wildman–Crippen LogP) is 3.44. The second-order valence-corrected chi connectivity index (χ2v) is 10.0. The van der Waals surface area contributed by atoms with Gasteiger partial charge in [-0.3, -0.25) is 14.5 Å². The minimum Gasteiger partial charge on any atom is -0.477 e. The van der Waals surface area contributed by atoms with Gasteiger partial charge in [0.2, 0.25) is 5.91 Å². The predicted molar refractivity (Wildman–Crippen MR) is 124 cm³/mol. The molecule has 0 spiro atoms. The Balaban J connectivity index is 1.50. The number of aliphatic carboxylic acids is 1. The molecule has 6 nitrogen and oxygen atoms in total. The third kappa shape index (κ3) is 4.49. The van der Waals surface area contributed by atoms with E-state index in [4.69, 9.17) is 0 Å². The van der Waals surface area contributed by atoms with E-state index in [9.17, 15) is 19.5 Å². The average Bonchev–Trinajstić information content (AvgIpc) is 2.78. The highest BCUT2D eigenvalue weighted by molar-refractivity contribution is 8.07. The van der Waals surface area contributed by atoms with Gasteiger partial charge in [-0.25, -0.2) is 4.79 Å². The monoisotopic (exact) mass is 472 g/mol. The fourth-order valence-corrected chi connectivity index (χ4v) is 6.87. The van der Waals surface area contributed by atoms with Crippen LogP contribution in [-0.2, 0) is 20.8 Å². The lowest BCUT2D eigenvalue weighted by Crippen LogP contribution is -2.70. The Morgan fingerprint density at radius 1 is 1.13 bits per heavy atom. The number of amides is 2. The molecule has 1 fully saturated rings. The molecule has 160 valence electrons. The molecule has 0 saturated carbocycles. The van der Waals surface area contributed by atoms with Gasteiger partial charge in [0.1, 0.15) is 17.1 Å². The Hall–Kier alpha value is -2.36. The van der Waals surface area contributed by atoms with Crippen molar-refractivity contribution in [2.24, 2.45) is 0 Å². The molecule has 4 rings (SSSR count). The Morgan fingerprint density at radius 2 is 1.81 bits per heavy atom. The number of β-lactam (4-membered cyclic amide) rings is 1. The first kappa shape index (κ1) is 21.9. The van der Waals surface area contributed by atoms with E-state index in [1.54, 1.807) is 11.8 Å². The maximum Gasteiger partial charge on any atom is 0.353 e. The van der Waals surface area contributed by atoms with Gasteiger partial charge < -0.3 is 10.4 Å². The summed E-state index contributed by atoms with van der Waals surface area (Å²) in [5, 5.41) is 12.2. The van der Waals surface area contributed by atoms with Crippen LogP contribution in [0.4, 0.5) is 0 Å². The smallest absolute Gasteiger partial charge is 0.353 e. The van der Waals surface area contributed by atoms with E-state index >= 15 is 0 Å². The van der Waals surface area contributed by atoms with Gasteiger partial charge in [-0.05, 0) is 24.0 Å². The van der Waals surface area contributed by atoms with Crippen LogP contribution in [0.2, 0.25) is 0 Å². The van der Waals surface area contributed by atoms with Gasteiger partial charge >= 0.3 is 5.97 Å². The second kappa shape index (κ2) is 9.42. The molecule has 1 saturated heterocycles. The van der Waals surface area contributed by atoms with Crippen molar-refractivity contribution in [2.45, 2.75) is 27.6 Å². The summed E-state index contributed by atoms with van der Waals surface area (Å²) in [6.07, 6.45) is 2.15. The molecule has 2 atom stereocenters. The molecule has 2 aliphatic heterocycles. The van der Waals surface area contributed by atoms with E-state index in [0.717, 1.165) is 15.4 Å². The lowest BCUT2D eigenvalue weighted by atomic mass is 10.0. The number of carbonyl (C=O) groups is 3. The normalized spacial score (nSPS) is 20.2. The van der Waals surface area contributed by atoms with Crippen molar-refractivity contribution < 1.29 is 19.5 Å². The highest BCUT2D eigenvalue weighted by atomic mass is 32.2. The van der Waals surface area contributed by atoms with E-state index in [-0.39, 0.29) is 23.9 Å². The molecular weight excluding hydrogens is 452 g/mol. The summed E-state index contributed by atoms with van der Waals surface area (Å²) in [6.45, 7) is 0. The van der Waals surface area contributed by atoms with Crippen LogP contribution in [0.25, 0.3) is 0 Å². The van der Waals surface area contributed by atoms with Crippen molar-refractivity contribution in [3.05, 3.63) is 70.8 Å². The number of carboxylic acid groups (broad SMARTS) is 1. The van der Waals surface area contributed by atoms with Gasteiger partial charge in [0.05, 0.1) is 6.42 Å². The number of nitrogens with zero attached hydrogens (tertiary/aromatic N) is 1. The summed E-state index contributed by atoms with van der Waals surface area (Å²) in [5.41, 5.74) is 0.875. The van der Waals surface area contributed by atoms with Gasteiger partial charge in [0.15, 0.2) is 0 Å². The van der Waals surface area contributed by atoms with Crippen molar-refractivity contribution in [3.63, 3.8) is 0 Å². The van der Waals surface area contributed by atoms with Crippen molar-refractivity contribution in [2.75, 3.05) is 12.0 Å². The third-order valence-corrected chi connectivity index (χ3v) is 8.51. The third-order valence-electron chi connectivity index (χ3n) is 4.96. The van der Waals surface area contributed by atoms with E-state index in [1.807, 2.05) is 60.9 Å². The first-order valence-corrected chi connectivity index (χ1v) is 12.6. The maximum absolute atomic E-state index is 12.8. The standard InChI is InChI=1S/C22H20N2O4S3/c1-29-14-9-5-6-10-15(14)31-16-12-30-21-18(20(26)24(21)19(16)22(27)28)23-17(25)11-13-7-3-2-4-8-13/h2-10,18,21H,11-12H2,1H3,(H,23,25)(H,27,28)/t18-,21+/m1/s1. The molecule has 0 radical (unpaired) electrons. The van der Waals surface area contributed by atoms with Gasteiger partial charge in [0, 0.05) is 20.4 Å². The number of nitrogens with one attached hydrogen (secondary N) is 1. The lowest BCUT2D eigenvalue weighted by molar-refractivity contribution is -0.150. The fraction of sp³-hybridized carbons (Fsp3) is 0.227. The quantitative estimate of drug-likeness (QED) is 0.472. The zero-order valence-corrected chi connectivity index (χ0v) is 19.1. The molecule has 0 aromatic heterocycles. The van der Waals surface area contributed by atoms with Crippen LogP contribution < -0.4 is 5.32 Å². The first-order chi connectivity index (χ1) is 15.0. The van der Waals surface area contributed by atoms with E-state index in [1.165, 1.54) is 28.4 Å². The zero-order chi connectivity index (χ0) is 22.0. The second-order valence-electron chi connectivity index (χ2n) is 6.95. The van der Waals surface area contributed by atoms with Crippen LogP contribution in [0.15, 0.2) is 75.0 Å². The molecule has 0 bridgehead atoms. The molecule has 2 aromatic rings. The van der Waals surface area contributed by atoms with Gasteiger partial charge in [-0.15, -0.1) is 23.5 Å². The van der Waals surface area contributed by atoms with Crippen molar-refractivity contribution in [1.82, 2.24) is 10.2 Å². The molecule has 9 heteroatoms. The number of hydrogen-bond donors (Lipinski definition) is 2. The summed E-state index contributed by atoms with van der Waals surface area (Å²) in [4.78, 5) is 41.2. The SMILES string of the molecule is CSc1ccccc1SC1=C(C(=O)O)N2C(=O)[C@@H](NC(=O)Cc3ccccc3)[C@@H]2SC1. The molecule has 2 N–H and O–H groups in total. The van der Waals surface area contributed by atoms with Crippen LogP contribution in [0.1, 0.15) is 5.56 Å². The van der Waals surface area contributed by atoms with E-state index < -0.39 is 17.4 Å². The Morgan fingerprint density at radius 3 is 2.48 bits per heavy atom. The van der Waals surface area contributed by atoms with Gasteiger partial charge in [0.25, 0.3) is 5.91 Å². The Bertz CT molecular complexity index is 1060. The lowest BCUT2D eigenvalue weighted by Gasteiger charge is -2.49. The number of thioether (sulfide) groups is 3. The van der Waals surface area contributed by atoms with Gasteiger partial charge in [-0.1, -0.05) is 54.2 Å². The molecule has 2 aromatic carbocycles. The summed E-state index contributed by atoms with van der Waals surface area (Å²) in [5.74, 6) is -1.29. The van der Waals surface area contributed by atoms with Crippen molar-refractivity contribution in [1.29, 1.82) is 0 Å². The molecule has 0 unspecified atom stereocenters. The minimum absolute atomic E-state index is 0.0169. The molecular formula is C22H20N2O4S3. The summed E-state index contributed by atoms with van der Waals surface area (Å²) in [7, 11) is 0. The van der Waals surface area contributed by atoms with Crippen LogP contribution >= 0.6 is 35.3 Å². The van der Waals surface area contributed by atoms with Crippen LogP contribution in [-0.4, -0.2) is 51.2 Å². The number of carboxylic acids is 1. The highest BCUT2D eigenvalue weighted by Gasteiger charge is 2.54. The van der Waals surface area contributed by atoms with Crippen LogP contribution in [0.5, 0.6) is 0 Å². The summed E-state index contributed by atoms with van der Waals surface area (Å²) < 4.78 is 0. The Kier molecular flexibility index (Phi) is 6.64. The first-order valence-electron chi connectivity index (χ1n) is 9.55. The summed E-state index contributed by atoms with van der Waals surface area (Å²) in [6, 6.07) is 16.4. The number of fused-ring (bicyclic) bond motifs is 1. The van der Waals surface area contributed by atoms with Crippen molar-refractivity contribution >= 4 is 53.1 Å². The maximum atomic E-state index is 12.8. The fourth-order valence-electron chi connectivity index (χ4n) is 3.51. The number of carbonyl (C=O) groups excluding carboxylic acids is 2. The number of benzene rings is 2.